The van der Waals surface area contributed by atoms with Gasteiger partial charge in [-0.3, -0.25) is 0 Å². The average molecular weight is 394 g/mol. The normalized spacial score (nSPS) is 33.1. The molecule has 2 bridgehead atoms. The summed E-state index contributed by atoms with van der Waals surface area (Å²) in [5.41, 5.74) is -0.557. The summed E-state index contributed by atoms with van der Waals surface area (Å²) in [6.45, 7) is 9.04. The van der Waals surface area contributed by atoms with E-state index in [2.05, 4.69) is 17.6 Å². The molecular weight excluding hydrogens is 354 g/mol. The van der Waals surface area contributed by atoms with Crippen LogP contribution in [0.4, 0.5) is 9.59 Å². The fraction of sp³-hybridized carbons (Fsp3) is 0.909. The lowest BCUT2D eigenvalue weighted by atomic mass is 9.64. The van der Waals surface area contributed by atoms with Crippen molar-refractivity contribution in [2.45, 2.75) is 103 Å². The smallest absolute Gasteiger partial charge is 0.410 e. The molecule has 3 unspecified atom stereocenters. The van der Waals surface area contributed by atoms with Crippen molar-refractivity contribution in [3.05, 3.63) is 0 Å². The van der Waals surface area contributed by atoms with Crippen LogP contribution >= 0.6 is 0 Å². The summed E-state index contributed by atoms with van der Waals surface area (Å²) in [5, 5.41) is 6.49. The van der Waals surface area contributed by atoms with Gasteiger partial charge in [-0.05, 0) is 71.1 Å². The number of nitrogens with zero attached hydrogens (tertiary/aromatic N) is 1. The topological polar surface area (TPSA) is 70.7 Å². The van der Waals surface area contributed by atoms with E-state index in [-0.39, 0.29) is 23.7 Å². The van der Waals surface area contributed by atoms with Crippen LogP contribution < -0.4 is 10.6 Å². The number of hydrogen-bond acceptors (Lipinski definition) is 3. The maximum Gasteiger partial charge on any atom is 0.410 e. The molecule has 0 radical (unpaired) electrons. The zero-order valence-corrected chi connectivity index (χ0v) is 18.2. The van der Waals surface area contributed by atoms with Gasteiger partial charge in [0.05, 0.1) is 0 Å². The number of likely N-dealkylation sites (tertiary alicyclic amines) is 1. The van der Waals surface area contributed by atoms with E-state index in [9.17, 15) is 9.59 Å². The largest absolute Gasteiger partial charge is 0.444 e. The summed E-state index contributed by atoms with van der Waals surface area (Å²) in [6, 6.07) is -0.0869. The van der Waals surface area contributed by atoms with Crippen molar-refractivity contribution in [1.82, 2.24) is 15.5 Å². The fourth-order valence-corrected chi connectivity index (χ4v) is 5.49. The van der Waals surface area contributed by atoms with Gasteiger partial charge in [-0.1, -0.05) is 26.2 Å². The number of nitrogens with one attached hydrogen (secondary N) is 2. The van der Waals surface area contributed by atoms with Gasteiger partial charge < -0.3 is 20.3 Å². The first-order valence-corrected chi connectivity index (χ1v) is 11.2. The van der Waals surface area contributed by atoms with E-state index in [0.29, 0.717) is 13.1 Å². The number of rotatable bonds is 3. The molecule has 2 aliphatic carbocycles. The van der Waals surface area contributed by atoms with Crippen molar-refractivity contribution in [2.24, 2.45) is 11.8 Å². The Kier molecular flexibility index (Phi) is 6.45. The Balaban J connectivity index is 1.53. The molecule has 0 spiro atoms. The van der Waals surface area contributed by atoms with Gasteiger partial charge in [0.2, 0.25) is 0 Å². The van der Waals surface area contributed by atoms with E-state index < -0.39 is 5.60 Å². The third-order valence-corrected chi connectivity index (χ3v) is 6.71. The molecule has 2 saturated carbocycles. The predicted octanol–water partition coefficient (Wildman–Crippen LogP) is 4.43. The van der Waals surface area contributed by atoms with Crippen molar-refractivity contribution in [3.63, 3.8) is 0 Å². The maximum absolute atomic E-state index is 12.8. The summed E-state index contributed by atoms with van der Waals surface area (Å²) < 4.78 is 5.49. The standard InChI is InChI=1S/C22H39N3O3/c1-5-22(13-16-8-6-9-17(12-16)14-22)24-19(26)23-18-10-7-11-25(15-18)20(27)28-21(2,3)4/h16-18H,5-15H2,1-4H3,(H2,23,24,26). The molecule has 28 heavy (non-hydrogen) atoms. The summed E-state index contributed by atoms with van der Waals surface area (Å²) in [7, 11) is 0. The number of fused-ring (bicyclic) bond motifs is 2. The zero-order chi connectivity index (χ0) is 20.4. The van der Waals surface area contributed by atoms with Crippen LogP contribution in [0.2, 0.25) is 0 Å². The van der Waals surface area contributed by atoms with Crippen LogP contribution in [0.25, 0.3) is 0 Å². The fourth-order valence-electron chi connectivity index (χ4n) is 5.49. The molecule has 6 nitrogen and oxygen atoms in total. The SMILES string of the molecule is CCC1(NC(=O)NC2CCCN(C(=O)OC(C)(C)C)C2)CC2CCCC(C2)C1. The Morgan fingerprint density at radius 3 is 2.39 bits per heavy atom. The van der Waals surface area contributed by atoms with Gasteiger partial charge in [-0.2, -0.15) is 0 Å². The van der Waals surface area contributed by atoms with E-state index in [1.165, 1.54) is 25.7 Å². The van der Waals surface area contributed by atoms with E-state index >= 15 is 0 Å². The molecule has 0 aromatic heterocycles. The monoisotopic (exact) mass is 393 g/mol. The van der Waals surface area contributed by atoms with Gasteiger partial charge in [0.1, 0.15) is 5.60 Å². The van der Waals surface area contributed by atoms with E-state index in [0.717, 1.165) is 43.9 Å². The summed E-state index contributed by atoms with van der Waals surface area (Å²) >= 11 is 0. The molecule has 3 fully saturated rings. The van der Waals surface area contributed by atoms with Gasteiger partial charge in [-0.25, -0.2) is 9.59 Å². The molecule has 3 aliphatic rings. The molecule has 6 heteroatoms. The van der Waals surface area contributed by atoms with Crippen LogP contribution in [0.15, 0.2) is 0 Å². The molecule has 1 heterocycles. The lowest BCUT2D eigenvalue weighted by Crippen LogP contribution is -2.59. The Labute approximate surface area is 170 Å². The van der Waals surface area contributed by atoms with Crippen LogP contribution in [-0.4, -0.2) is 47.3 Å². The predicted molar refractivity (Wildman–Crippen MR) is 110 cm³/mol. The van der Waals surface area contributed by atoms with Crippen LogP contribution in [0, 0.1) is 11.8 Å². The number of hydrogen-bond donors (Lipinski definition) is 2. The number of urea groups is 1. The summed E-state index contributed by atoms with van der Waals surface area (Å²) in [4.78, 5) is 26.9. The van der Waals surface area contributed by atoms with Crippen molar-refractivity contribution in [1.29, 1.82) is 0 Å². The number of carbonyl (C=O) groups excluding carboxylic acids is 2. The first-order valence-electron chi connectivity index (χ1n) is 11.2. The number of ether oxygens (including phenoxy) is 1. The van der Waals surface area contributed by atoms with E-state index in [1.54, 1.807) is 4.90 Å². The molecule has 3 rings (SSSR count). The Hall–Kier alpha value is -1.46. The zero-order valence-electron chi connectivity index (χ0n) is 18.2. The maximum atomic E-state index is 12.8. The first-order chi connectivity index (χ1) is 13.2. The summed E-state index contributed by atoms with van der Waals surface area (Å²) in [5.74, 6) is 1.54. The van der Waals surface area contributed by atoms with Gasteiger partial charge in [-0.15, -0.1) is 0 Å². The van der Waals surface area contributed by atoms with Gasteiger partial charge in [0, 0.05) is 24.7 Å². The second kappa shape index (κ2) is 8.50. The van der Waals surface area contributed by atoms with Crippen molar-refractivity contribution < 1.29 is 14.3 Å². The van der Waals surface area contributed by atoms with Crippen LogP contribution in [0.1, 0.15) is 85.5 Å². The number of amides is 3. The minimum atomic E-state index is -0.499. The molecule has 0 aromatic carbocycles. The highest BCUT2D eigenvalue weighted by Crippen LogP contribution is 2.45. The minimum Gasteiger partial charge on any atom is -0.444 e. The highest BCUT2D eigenvalue weighted by atomic mass is 16.6. The van der Waals surface area contributed by atoms with Crippen LogP contribution in [0.3, 0.4) is 0 Å². The molecule has 1 aliphatic heterocycles. The van der Waals surface area contributed by atoms with E-state index in [1.807, 2.05) is 20.8 Å². The number of piperidine rings is 1. The highest BCUT2D eigenvalue weighted by molar-refractivity contribution is 5.75. The first kappa shape index (κ1) is 21.3. The lowest BCUT2D eigenvalue weighted by Gasteiger charge is -2.47. The van der Waals surface area contributed by atoms with Crippen molar-refractivity contribution in [2.75, 3.05) is 13.1 Å². The average Bonchev–Trinajstić information content (AvgIpc) is 2.60. The Morgan fingerprint density at radius 1 is 1.11 bits per heavy atom. The molecule has 0 aromatic rings. The second-order valence-electron chi connectivity index (χ2n) is 10.3. The van der Waals surface area contributed by atoms with Gasteiger partial charge >= 0.3 is 12.1 Å². The molecule has 2 N–H and O–H groups in total. The molecule has 3 amide bonds. The van der Waals surface area contributed by atoms with Gasteiger partial charge in [0.15, 0.2) is 0 Å². The van der Waals surface area contributed by atoms with Crippen molar-refractivity contribution >= 4 is 12.1 Å². The third kappa shape index (κ3) is 5.54. The number of carbonyl (C=O) groups is 2. The van der Waals surface area contributed by atoms with Crippen molar-refractivity contribution in [3.8, 4) is 0 Å². The van der Waals surface area contributed by atoms with E-state index in [4.69, 9.17) is 4.74 Å². The highest BCUT2D eigenvalue weighted by Gasteiger charge is 2.42. The quantitative estimate of drug-likeness (QED) is 0.745. The summed E-state index contributed by atoms with van der Waals surface area (Å²) in [6.07, 6.45) is 10.0. The van der Waals surface area contributed by atoms with Crippen LogP contribution in [-0.2, 0) is 4.74 Å². The third-order valence-electron chi connectivity index (χ3n) is 6.71. The Morgan fingerprint density at radius 2 is 1.79 bits per heavy atom. The van der Waals surface area contributed by atoms with Crippen LogP contribution in [0.5, 0.6) is 0 Å². The molecule has 1 saturated heterocycles. The van der Waals surface area contributed by atoms with Gasteiger partial charge in [0.25, 0.3) is 0 Å². The molecule has 160 valence electrons. The Bertz CT molecular complexity index is 560. The lowest BCUT2D eigenvalue weighted by molar-refractivity contribution is 0.0189. The minimum absolute atomic E-state index is 0.0155. The molecular formula is C22H39N3O3. The molecule has 3 atom stereocenters. The second-order valence-corrected chi connectivity index (χ2v) is 10.3.